The minimum Gasteiger partial charge on any atom is -0.465 e. The first-order valence-corrected chi connectivity index (χ1v) is 7.57. The van der Waals surface area contributed by atoms with E-state index >= 15 is 0 Å². The lowest BCUT2D eigenvalue weighted by Gasteiger charge is -2.23. The Morgan fingerprint density at radius 2 is 2.24 bits per heavy atom. The molecule has 2 rings (SSSR count). The molecule has 0 aliphatic heterocycles. The first kappa shape index (κ1) is 15.9. The maximum atomic E-state index is 13.8. The molecular weight excluding hydrogens is 394 g/mol. The van der Waals surface area contributed by atoms with Crippen molar-refractivity contribution < 1.29 is 18.8 Å². The van der Waals surface area contributed by atoms with Crippen molar-refractivity contribution in [2.45, 2.75) is 25.8 Å². The topological polar surface area (TPSA) is 72.7 Å². The van der Waals surface area contributed by atoms with Crippen molar-refractivity contribution in [3.05, 3.63) is 31.6 Å². The van der Waals surface area contributed by atoms with E-state index in [0.717, 1.165) is 18.9 Å². The van der Waals surface area contributed by atoms with Gasteiger partial charge in [-0.15, -0.1) is 0 Å². The lowest BCUT2D eigenvalue weighted by atomic mass is 10.2. The molecule has 0 radical (unpaired) electrons. The predicted molar refractivity (Wildman–Crippen MR) is 82.8 cm³/mol. The Balaban J connectivity index is 2.37. The second-order valence-corrected chi connectivity index (χ2v) is 5.84. The Bertz CT molecular complexity index is 578. The van der Waals surface area contributed by atoms with Crippen LogP contribution in [-0.4, -0.2) is 30.1 Å². The first-order chi connectivity index (χ1) is 9.93. The van der Waals surface area contributed by atoms with Crippen molar-refractivity contribution in [3.63, 3.8) is 0 Å². The van der Waals surface area contributed by atoms with Gasteiger partial charge in [-0.1, -0.05) is 0 Å². The van der Waals surface area contributed by atoms with Gasteiger partial charge in [0.05, 0.1) is 15.1 Å². The molecule has 6 nitrogen and oxygen atoms in total. The summed E-state index contributed by atoms with van der Waals surface area (Å²) in [6.07, 6.45) is 1.65. The van der Waals surface area contributed by atoms with E-state index in [4.69, 9.17) is 4.74 Å². The summed E-state index contributed by atoms with van der Waals surface area (Å²) in [5.41, 5.74) is -0.0644. The van der Waals surface area contributed by atoms with Gasteiger partial charge in [-0.3, -0.25) is 14.9 Å². The summed E-state index contributed by atoms with van der Waals surface area (Å²) in [7, 11) is 0. The Hall–Kier alpha value is -1.45. The zero-order chi connectivity index (χ0) is 15.6. The number of halogens is 2. The average molecular weight is 408 g/mol. The number of esters is 1. The van der Waals surface area contributed by atoms with Crippen LogP contribution in [0.1, 0.15) is 19.8 Å². The summed E-state index contributed by atoms with van der Waals surface area (Å²) >= 11 is 1.71. The number of rotatable bonds is 6. The number of carbonyl (C=O) groups excluding carboxylic acids is 1. The van der Waals surface area contributed by atoms with E-state index in [1.807, 2.05) is 0 Å². The molecule has 21 heavy (non-hydrogen) atoms. The highest BCUT2D eigenvalue weighted by atomic mass is 127. The maximum absolute atomic E-state index is 13.8. The molecule has 0 N–H and O–H groups in total. The van der Waals surface area contributed by atoms with Crippen LogP contribution in [0, 0.1) is 19.5 Å². The van der Waals surface area contributed by atoms with Crippen molar-refractivity contribution in [2.24, 2.45) is 0 Å². The van der Waals surface area contributed by atoms with Crippen LogP contribution in [0.4, 0.5) is 15.8 Å². The summed E-state index contributed by atoms with van der Waals surface area (Å²) in [5, 5.41) is 11.2. The molecule has 1 fully saturated rings. The second-order valence-electron chi connectivity index (χ2n) is 4.68. The van der Waals surface area contributed by atoms with Crippen molar-refractivity contribution in [2.75, 3.05) is 18.1 Å². The number of nitrogens with zero attached hydrogens (tertiary/aromatic N) is 2. The van der Waals surface area contributed by atoms with Crippen LogP contribution in [0.3, 0.4) is 0 Å². The number of nitro benzene ring substituents is 1. The molecule has 0 aromatic heterocycles. The largest absolute Gasteiger partial charge is 0.465 e. The average Bonchev–Trinajstić information content (AvgIpc) is 3.23. The van der Waals surface area contributed by atoms with Gasteiger partial charge in [0.15, 0.2) is 0 Å². The van der Waals surface area contributed by atoms with E-state index in [-0.39, 0.29) is 34.1 Å². The van der Waals surface area contributed by atoms with E-state index in [1.165, 1.54) is 6.07 Å². The second kappa shape index (κ2) is 6.54. The standard InChI is InChI=1S/C13H14FIN2O4/c1-2-21-13(18)7-16(8-3-4-8)11-5-9(14)10(15)6-12(11)17(19)20/h5-6,8H,2-4,7H2,1H3. The number of nitro groups is 1. The molecule has 0 bridgehead atoms. The molecule has 0 amide bonds. The van der Waals surface area contributed by atoms with E-state index in [2.05, 4.69) is 0 Å². The molecule has 0 spiro atoms. The number of carbonyl (C=O) groups is 1. The first-order valence-electron chi connectivity index (χ1n) is 6.49. The van der Waals surface area contributed by atoms with Crippen LogP contribution in [-0.2, 0) is 9.53 Å². The monoisotopic (exact) mass is 408 g/mol. The molecular formula is C13H14FIN2O4. The fourth-order valence-corrected chi connectivity index (χ4v) is 2.50. The van der Waals surface area contributed by atoms with Crippen LogP contribution in [0.2, 0.25) is 0 Å². The summed E-state index contributed by atoms with van der Waals surface area (Å²) in [6.45, 7) is 1.81. The SMILES string of the molecule is CCOC(=O)CN(c1cc(F)c(I)cc1[N+](=O)[O-])C1CC1. The highest BCUT2D eigenvalue weighted by molar-refractivity contribution is 14.1. The van der Waals surface area contributed by atoms with Gasteiger partial charge in [-0.05, 0) is 42.4 Å². The minimum atomic E-state index is -0.558. The fraction of sp³-hybridized carbons (Fsp3) is 0.462. The quantitative estimate of drug-likeness (QED) is 0.313. The van der Waals surface area contributed by atoms with Gasteiger partial charge >= 0.3 is 5.97 Å². The molecule has 1 saturated carbocycles. The lowest BCUT2D eigenvalue weighted by Crippen LogP contribution is -2.33. The molecule has 1 aromatic rings. The van der Waals surface area contributed by atoms with E-state index in [1.54, 1.807) is 34.4 Å². The number of benzene rings is 1. The van der Waals surface area contributed by atoms with Crippen molar-refractivity contribution in [1.29, 1.82) is 0 Å². The zero-order valence-electron chi connectivity index (χ0n) is 11.3. The summed E-state index contributed by atoms with van der Waals surface area (Å²) in [6, 6.07) is 2.33. The van der Waals surface area contributed by atoms with Crippen molar-refractivity contribution >= 4 is 39.9 Å². The van der Waals surface area contributed by atoms with Gasteiger partial charge in [0.25, 0.3) is 5.69 Å². The van der Waals surface area contributed by atoms with E-state index in [9.17, 15) is 19.3 Å². The van der Waals surface area contributed by atoms with Gasteiger partial charge < -0.3 is 9.64 Å². The minimum absolute atomic E-state index is 0.0209. The van der Waals surface area contributed by atoms with Crippen LogP contribution < -0.4 is 4.90 Å². The third kappa shape index (κ3) is 3.80. The van der Waals surface area contributed by atoms with Crippen LogP contribution in [0.5, 0.6) is 0 Å². The van der Waals surface area contributed by atoms with E-state index < -0.39 is 16.7 Å². The van der Waals surface area contributed by atoms with E-state index in [0.29, 0.717) is 0 Å². The number of hydrogen-bond donors (Lipinski definition) is 0. The summed E-state index contributed by atoms with van der Waals surface area (Å²) in [4.78, 5) is 23.9. The molecule has 8 heteroatoms. The fourth-order valence-electron chi connectivity index (χ4n) is 2.05. The van der Waals surface area contributed by atoms with Crippen LogP contribution >= 0.6 is 22.6 Å². The maximum Gasteiger partial charge on any atom is 0.325 e. The van der Waals surface area contributed by atoms with Crippen molar-refractivity contribution in [1.82, 2.24) is 0 Å². The molecule has 1 aromatic carbocycles. The normalized spacial score (nSPS) is 13.9. The third-order valence-electron chi connectivity index (χ3n) is 3.12. The molecule has 0 unspecified atom stereocenters. The molecule has 0 atom stereocenters. The third-order valence-corrected chi connectivity index (χ3v) is 3.94. The molecule has 1 aliphatic rings. The Labute approximate surface area is 134 Å². The van der Waals surface area contributed by atoms with Gasteiger partial charge in [-0.2, -0.15) is 0 Å². The highest BCUT2D eigenvalue weighted by Crippen LogP contribution is 2.38. The van der Waals surface area contributed by atoms with Gasteiger partial charge in [0, 0.05) is 18.2 Å². The number of anilines is 1. The zero-order valence-corrected chi connectivity index (χ0v) is 13.5. The van der Waals surface area contributed by atoms with Gasteiger partial charge in [-0.25, -0.2) is 4.39 Å². The summed E-state index contributed by atoms with van der Waals surface area (Å²) < 4.78 is 18.8. The lowest BCUT2D eigenvalue weighted by molar-refractivity contribution is -0.384. The highest BCUT2D eigenvalue weighted by Gasteiger charge is 2.35. The Morgan fingerprint density at radius 1 is 1.57 bits per heavy atom. The molecule has 1 aliphatic carbocycles. The Morgan fingerprint density at radius 3 is 2.76 bits per heavy atom. The van der Waals surface area contributed by atoms with Crippen molar-refractivity contribution in [3.8, 4) is 0 Å². The molecule has 114 valence electrons. The molecule has 0 saturated heterocycles. The van der Waals surface area contributed by atoms with Gasteiger partial charge in [0.1, 0.15) is 18.0 Å². The number of ether oxygens (including phenoxy) is 1. The predicted octanol–water partition coefficient (Wildman–Crippen LogP) is 2.87. The summed E-state index contributed by atoms with van der Waals surface area (Å²) in [5.74, 6) is -1.01. The Kier molecular flexibility index (Phi) is 4.96. The van der Waals surface area contributed by atoms with Gasteiger partial charge in [0.2, 0.25) is 0 Å². The number of hydrogen-bond acceptors (Lipinski definition) is 5. The smallest absolute Gasteiger partial charge is 0.325 e. The van der Waals surface area contributed by atoms with Crippen LogP contribution in [0.25, 0.3) is 0 Å². The van der Waals surface area contributed by atoms with Crippen LogP contribution in [0.15, 0.2) is 12.1 Å². The molecule has 0 heterocycles.